The van der Waals surface area contributed by atoms with Gasteiger partial charge in [0, 0.05) is 18.1 Å². The summed E-state index contributed by atoms with van der Waals surface area (Å²) in [4.78, 5) is 7.59. The highest BCUT2D eigenvalue weighted by atomic mass is 32.1. The van der Waals surface area contributed by atoms with Crippen LogP contribution in [0.15, 0.2) is 18.7 Å². The molecule has 0 spiro atoms. The van der Waals surface area contributed by atoms with E-state index in [1.54, 1.807) is 12.4 Å². The fraction of sp³-hybridized carbons (Fsp3) is 0.200. The molecule has 1 aromatic heterocycles. The van der Waals surface area contributed by atoms with Crippen molar-refractivity contribution < 1.29 is 0 Å². The summed E-state index contributed by atoms with van der Waals surface area (Å²) in [7, 11) is 0. The van der Waals surface area contributed by atoms with Crippen molar-refractivity contribution in [3.05, 3.63) is 24.3 Å². The normalized spacial score (nSPS) is 9.12. The van der Waals surface area contributed by atoms with Gasteiger partial charge in [0.25, 0.3) is 0 Å². The molecule has 3 heteroatoms. The van der Waals surface area contributed by atoms with Crippen molar-refractivity contribution in [1.82, 2.24) is 9.97 Å². The predicted octanol–water partition coefficient (Wildman–Crippen LogP) is 0.906. The molecule has 0 radical (unpaired) electrons. The van der Waals surface area contributed by atoms with Crippen LogP contribution in [0.1, 0.15) is 5.56 Å². The van der Waals surface area contributed by atoms with Gasteiger partial charge >= 0.3 is 0 Å². The molecule has 1 aromatic rings. The van der Waals surface area contributed by atoms with Crippen molar-refractivity contribution in [2.24, 2.45) is 0 Å². The van der Waals surface area contributed by atoms with Crippen LogP contribution in [-0.4, -0.2) is 9.97 Å². The van der Waals surface area contributed by atoms with Crippen molar-refractivity contribution in [2.45, 2.75) is 5.75 Å². The zero-order chi connectivity index (χ0) is 5.82. The van der Waals surface area contributed by atoms with Gasteiger partial charge in [0.2, 0.25) is 0 Å². The second kappa shape index (κ2) is 2.67. The van der Waals surface area contributed by atoms with Crippen LogP contribution in [0.5, 0.6) is 0 Å². The molecule has 1 rings (SSSR count). The maximum Gasteiger partial charge on any atom is 0.115 e. The van der Waals surface area contributed by atoms with Crippen LogP contribution in [0.25, 0.3) is 0 Å². The SMILES string of the molecule is SCc1cncnc1. The first kappa shape index (κ1) is 5.56. The van der Waals surface area contributed by atoms with E-state index in [0.717, 1.165) is 5.56 Å². The van der Waals surface area contributed by atoms with E-state index in [9.17, 15) is 0 Å². The molecule has 0 bridgehead atoms. The van der Waals surface area contributed by atoms with E-state index in [1.807, 2.05) is 0 Å². The quantitative estimate of drug-likeness (QED) is 0.566. The molecule has 0 unspecified atom stereocenters. The summed E-state index contributed by atoms with van der Waals surface area (Å²) < 4.78 is 0. The lowest BCUT2D eigenvalue weighted by molar-refractivity contribution is 1.12. The van der Waals surface area contributed by atoms with Gasteiger partial charge in [0.05, 0.1) is 0 Å². The lowest BCUT2D eigenvalue weighted by Gasteiger charge is -1.87. The highest BCUT2D eigenvalue weighted by molar-refractivity contribution is 7.79. The van der Waals surface area contributed by atoms with Crippen LogP contribution in [0.3, 0.4) is 0 Å². The lowest BCUT2D eigenvalue weighted by Crippen LogP contribution is -1.80. The smallest absolute Gasteiger partial charge is 0.115 e. The summed E-state index contributed by atoms with van der Waals surface area (Å²) in [6.07, 6.45) is 5.01. The Kier molecular flexibility index (Phi) is 1.86. The molecule has 0 N–H and O–H groups in total. The van der Waals surface area contributed by atoms with E-state index in [1.165, 1.54) is 6.33 Å². The third-order valence-corrected chi connectivity index (χ3v) is 1.16. The molecule has 0 aliphatic rings. The van der Waals surface area contributed by atoms with E-state index in [4.69, 9.17) is 0 Å². The highest BCUT2D eigenvalue weighted by Crippen LogP contribution is 1.95. The Hall–Kier alpha value is -0.570. The van der Waals surface area contributed by atoms with Gasteiger partial charge in [0.15, 0.2) is 0 Å². The summed E-state index contributed by atoms with van der Waals surface area (Å²) >= 11 is 4.03. The fourth-order valence-electron chi connectivity index (χ4n) is 0.412. The number of hydrogen-bond acceptors (Lipinski definition) is 3. The minimum absolute atomic E-state index is 0.709. The largest absolute Gasteiger partial charge is 0.245 e. The Morgan fingerprint density at radius 2 is 2.00 bits per heavy atom. The Morgan fingerprint density at radius 1 is 1.38 bits per heavy atom. The molecule has 0 aliphatic carbocycles. The molecule has 0 amide bonds. The van der Waals surface area contributed by atoms with Crippen molar-refractivity contribution in [3.8, 4) is 0 Å². The average Bonchev–Trinajstić information content (AvgIpc) is 1.90. The van der Waals surface area contributed by atoms with E-state index in [2.05, 4.69) is 22.6 Å². The maximum absolute atomic E-state index is 4.03. The first-order valence-electron chi connectivity index (χ1n) is 2.28. The van der Waals surface area contributed by atoms with E-state index in [0.29, 0.717) is 5.75 Å². The Bertz CT molecular complexity index is 152. The van der Waals surface area contributed by atoms with E-state index in [-0.39, 0.29) is 0 Å². The number of aromatic nitrogens is 2. The lowest BCUT2D eigenvalue weighted by atomic mass is 10.4. The summed E-state index contributed by atoms with van der Waals surface area (Å²) in [5.41, 5.74) is 1.05. The first-order chi connectivity index (χ1) is 3.93. The standard InChI is InChI=1S/C5H6N2S/c8-3-5-1-6-4-7-2-5/h1-2,4,8H,3H2. The molecule has 0 saturated carbocycles. The molecule has 0 atom stereocenters. The number of thiol groups is 1. The van der Waals surface area contributed by atoms with Gasteiger partial charge in [-0.15, -0.1) is 0 Å². The number of hydrogen-bond donors (Lipinski definition) is 1. The summed E-state index contributed by atoms with van der Waals surface area (Å²) in [6.45, 7) is 0. The van der Waals surface area contributed by atoms with Gasteiger partial charge in [0.1, 0.15) is 6.33 Å². The Balaban J connectivity index is 2.83. The first-order valence-corrected chi connectivity index (χ1v) is 2.91. The van der Waals surface area contributed by atoms with Gasteiger partial charge in [-0.1, -0.05) is 0 Å². The Labute approximate surface area is 53.4 Å². The highest BCUT2D eigenvalue weighted by Gasteiger charge is 1.82. The summed E-state index contributed by atoms with van der Waals surface area (Å²) in [5.74, 6) is 0.709. The zero-order valence-corrected chi connectivity index (χ0v) is 5.18. The van der Waals surface area contributed by atoms with Crippen LogP contribution in [-0.2, 0) is 5.75 Å². The molecular weight excluding hydrogens is 120 g/mol. The molecule has 2 nitrogen and oxygen atoms in total. The third-order valence-electron chi connectivity index (χ3n) is 0.797. The molecule has 0 aromatic carbocycles. The second-order valence-electron chi connectivity index (χ2n) is 1.40. The van der Waals surface area contributed by atoms with Gasteiger partial charge in [-0.3, -0.25) is 0 Å². The Morgan fingerprint density at radius 3 is 2.38 bits per heavy atom. The third kappa shape index (κ3) is 1.20. The average molecular weight is 126 g/mol. The predicted molar refractivity (Wildman–Crippen MR) is 34.7 cm³/mol. The minimum Gasteiger partial charge on any atom is -0.245 e. The van der Waals surface area contributed by atoms with Crippen molar-refractivity contribution in [3.63, 3.8) is 0 Å². The maximum atomic E-state index is 4.03. The second-order valence-corrected chi connectivity index (χ2v) is 1.72. The molecule has 1 heterocycles. The summed E-state index contributed by atoms with van der Waals surface area (Å²) in [5, 5.41) is 0. The molecule has 0 aliphatic heterocycles. The van der Waals surface area contributed by atoms with Gasteiger partial charge in [-0.05, 0) is 5.56 Å². The molecule has 0 saturated heterocycles. The van der Waals surface area contributed by atoms with Crippen LogP contribution < -0.4 is 0 Å². The fourth-order valence-corrected chi connectivity index (χ4v) is 0.575. The van der Waals surface area contributed by atoms with Crippen LogP contribution in [0, 0.1) is 0 Å². The van der Waals surface area contributed by atoms with Gasteiger partial charge < -0.3 is 0 Å². The monoisotopic (exact) mass is 126 g/mol. The topological polar surface area (TPSA) is 25.8 Å². The molecule has 42 valence electrons. The summed E-state index contributed by atoms with van der Waals surface area (Å²) in [6, 6.07) is 0. The minimum atomic E-state index is 0.709. The number of rotatable bonds is 1. The molecule has 0 fully saturated rings. The van der Waals surface area contributed by atoms with Crippen molar-refractivity contribution in [2.75, 3.05) is 0 Å². The van der Waals surface area contributed by atoms with Crippen LogP contribution in [0.4, 0.5) is 0 Å². The van der Waals surface area contributed by atoms with Gasteiger partial charge in [-0.25, -0.2) is 9.97 Å². The zero-order valence-electron chi connectivity index (χ0n) is 4.28. The van der Waals surface area contributed by atoms with Crippen molar-refractivity contribution in [1.29, 1.82) is 0 Å². The van der Waals surface area contributed by atoms with E-state index < -0.39 is 0 Å². The number of nitrogens with zero attached hydrogens (tertiary/aromatic N) is 2. The molecular formula is C5H6N2S. The van der Waals surface area contributed by atoms with Crippen molar-refractivity contribution >= 4 is 12.6 Å². The van der Waals surface area contributed by atoms with E-state index >= 15 is 0 Å². The van der Waals surface area contributed by atoms with Crippen LogP contribution >= 0.6 is 12.6 Å². The molecule has 8 heavy (non-hydrogen) atoms. The van der Waals surface area contributed by atoms with Crippen LogP contribution in [0.2, 0.25) is 0 Å². The van der Waals surface area contributed by atoms with Gasteiger partial charge in [-0.2, -0.15) is 12.6 Å².